The molecule has 1 N–H and O–H groups in total. The molecular weight excluding hydrogens is 238 g/mol. The average molecular weight is 261 g/mol. The first kappa shape index (κ1) is 15.4. The average Bonchev–Trinajstić information content (AvgIpc) is 2.35. The fraction of sp³-hybridized carbons (Fsp3) is 0.917. The van der Waals surface area contributed by atoms with Crippen molar-refractivity contribution < 1.29 is 24.1 Å². The lowest BCUT2D eigenvalue weighted by molar-refractivity contribution is -0.140. The summed E-state index contributed by atoms with van der Waals surface area (Å²) in [5.41, 5.74) is 0. The zero-order valence-electron chi connectivity index (χ0n) is 11.0. The van der Waals surface area contributed by atoms with E-state index in [2.05, 4.69) is 4.90 Å². The van der Waals surface area contributed by atoms with Gasteiger partial charge >= 0.3 is 5.97 Å². The minimum Gasteiger partial charge on any atom is -0.481 e. The SMILES string of the molecule is COCCCOCCN1CCOCC1CC(=O)O. The van der Waals surface area contributed by atoms with Crippen LogP contribution < -0.4 is 0 Å². The van der Waals surface area contributed by atoms with Crippen molar-refractivity contribution >= 4 is 5.97 Å². The molecule has 1 atom stereocenters. The summed E-state index contributed by atoms with van der Waals surface area (Å²) in [7, 11) is 1.67. The van der Waals surface area contributed by atoms with Crippen LogP contribution in [0, 0.1) is 0 Å². The molecular formula is C12H23NO5. The number of ether oxygens (including phenoxy) is 3. The zero-order valence-corrected chi connectivity index (χ0v) is 11.0. The van der Waals surface area contributed by atoms with Gasteiger partial charge in [0.2, 0.25) is 0 Å². The van der Waals surface area contributed by atoms with Crippen LogP contribution in [0.25, 0.3) is 0 Å². The monoisotopic (exact) mass is 261 g/mol. The number of hydrogen-bond acceptors (Lipinski definition) is 5. The Bertz CT molecular complexity index is 237. The van der Waals surface area contributed by atoms with Gasteiger partial charge in [0.1, 0.15) is 0 Å². The molecule has 1 rings (SSSR count). The zero-order chi connectivity index (χ0) is 13.2. The number of methoxy groups -OCH3 is 1. The normalized spacial score (nSPS) is 21.1. The van der Waals surface area contributed by atoms with E-state index in [1.165, 1.54) is 0 Å². The van der Waals surface area contributed by atoms with Crippen molar-refractivity contribution in [2.75, 3.05) is 53.2 Å². The van der Waals surface area contributed by atoms with Crippen LogP contribution in [0.2, 0.25) is 0 Å². The Kier molecular flexibility index (Phi) is 7.91. The van der Waals surface area contributed by atoms with Crippen molar-refractivity contribution in [1.82, 2.24) is 4.90 Å². The van der Waals surface area contributed by atoms with Gasteiger partial charge in [-0.2, -0.15) is 0 Å². The molecule has 1 fully saturated rings. The number of rotatable bonds is 9. The summed E-state index contributed by atoms with van der Waals surface area (Å²) in [5.74, 6) is -0.781. The van der Waals surface area contributed by atoms with Crippen molar-refractivity contribution in [1.29, 1.82) is 0 Å². The summed E-state index contributed by atoms with van der Waals surface area (Å²) in [6.45, 7) is 4.71. The molecule has 0 amide bonds. The molecule has 0 saturated carbocycles. The fourth-order valence-electron chi connectivity index (χ4n) is 1.96. The van der Waals surface area contributed by atoms with E-state index in [4.69, 9.17) is 19.3 Å². The fourth-order valence-corrected chi connectivity index (χ4v) is 1.96. The Labute approximate surface area is 108 Å². The van der Waals surface area contributed by atoms with E-state index in [0.29, 0.717) is 33.0 Å². The number of hydrogen-bond donors (Lipinski definition) is 1. The highest BCUT2D eigenvalue weighted by atomic mass is 16.5. The van der Waals surface area contributed by atoms with Gasteiger partial charge in [-0.15, -0.1) is 0 Å². The van der Waals surface area contributed by atoms with E-state index in [1.807, 2.05) is 0 Å². The quantitative estimate of drug-likeness (QED) is 0.599. The molecule has 6 heteroatoms. The second-order valence-electron chi connectivity index (χ2n) is 4.32. The van der Waals surface area contributed by atoms with Gasteiger partial charge in [-0.05, 0) is 6.42 Å². The van der Waals surface area contributed by atoms with Crippen LogP contribution in [0.5, 0.6) is 0 Å². The van der Waals surface area contributed by atoms with Gasteiger partial charge in [-0.25, -0.2) is 0 Å². The van der Waals surface area contributed by atoms with Crippen molar-refractivity contribution in [3.63, 3.8) is 0 Å². The van der Waals surface area contributed by atoms with Crippen molar-refractivity contribution in [2.24, 2.45) is 0 Å². The maximum absolute atomic E-state index is 10.7. The van der Waals surface area contributed by atoms with Gasteiger partial charge in [0, 0.05) is 39.5 Å². The van der Waals surface area contributed by atoms with Gasteiger partial charge in [0.15, 0.2) is 0 Å². The molecule has 0 aromatic rings. The molecule has 0 aromatic heterocycles. The first-order chi connectivity index (χ1) is 8.74. The Morgan fingerprint density at radius 2 is 2.28 bits per heavy atom. The summed E-state index contributed by atoms with van der Waals surface area (Å²) in [5, 5.41) is 8.82. The van der Waals surface area contributed by atoms with Crippen LogP contribution in [0.4, 0.5) is 0 Å². The molecule has 0 bridgehead atoms. The van der Waals surface area contributed by atoms with Crippen LogP contribution in [0.3, 0.4) is 0 Å². The lowest BCUT2D eigenvalue weighted by Gasteiger charge is -2.34. The third kappa shape index (κ3) is 6.30. The second kappa shape index (κ2) is 9.27. The van der Waals surface area contributed by atoms with Crippen molar-refractivity contribution in [3.05, 3.63) is 0 Å². The Balaban J connectivity index is 2.15. The molecule has 0 aliphatic carbocycles. The van der Waals surface area contributed by atoms with E-state index in [1.54, 1.807) is 7.11 Å². The molecule has 18 heavy (non-hydrogen) atoms. The van der Waals surface area contributed by atoms with E-state index in [0.717, 1.165) is 19.5 Å². The summed E-state index contributed by atoms with van der Waals surface area (Å²) in [6.07, 6.45) is 1.02. The molecule has 0 spiro atoms. The Hall–Kier alpha value is -0.690. The maximum atomic E-state index is 10.7. The van der Waals surface area contributed by atoms with E-state index in [9.17, 15) is 4.79 Å². The van der Waals surface area contributed by atoms with Crippen molar-refractivity contribution in [2.45, 2.75) is 18.9 Å². The number of carboxylic acid groups (broad SMARTS) is 1. The summed E-state index contributed by atoms with van der Waals surface area (Å²) >= 11 is 0. The number of morpholine rings is 1. The molecule has 1 unspecified atom stereocenters. The van der Waals surface area contributed by atoms with Crippen LogP contribution >= 0.6 is 0 Å². The Morgan fingerprint density at radius 3 is 3.00 bits per heavy atom. The van der Waals surface area contributed by atoms with Gasteiger partial charge in [0.25, 0.3) is 0 Å². The van der Waals surface area contributed by atoms with Crippen molar-refractivity contribution in [3.8, 4) is 0 Å². The van der Waals surface area contributed by atoms with Crippen LogP contribution in [-0.4, -0.2) is 75.3 Å². The number of nitrogens with zero attached hydrogens (tertiary/aromatic N) is 1. The number of carbonyl (C=O) groups is 1. The number of carboxylic acids is 1. The predicted octanol–water partition coefficient (Wildman–Crippen LogP) is 0.215. The smallest absolute Gasteiger partial charge is 0.305 e. The van der Waals surface area contributed by atoms with Gasteiger partial charge in [-0.1, -0.05) is 0 Å². The maximum Gasteiger partial charge on any atom is 0.305 e. The predicted molar refractivity (Wildman–Crippen MR) is 65.7 cm³/mol. The number of aliphatic carboxylic acids is 1. The topological polar surface area (TPSA) is 68.2 Å². The molecule has 1 aliphatic rings. The molecule has 0 radical (unpaired) electrons. The standard InChI is InChI=1S/C12H23NO5/c1-16-5-2-6-17-7-3-13-4-8-18-10-11(13)9-12(14)15/h11H,2-10H2,1H3,(H,14,15). The van der Waals surface area contributed by atoms with Crippen LogP contribution in [-0.2, 0) is 19.0 Å². The van der Waals surface area contributed by atoms with Gasteiger partial charge in [-0.3, -0.25) is 9.69 Å². The van der Waals surface area contributed by atoms with E-state index < -0.39 is 5.97 Å². The minimum atomic E-state index is -0.781. The molecule has 1 heterocycles. The summed E-state index contributed by atoms with van der Waals surface area (Å²) < 4.78 is 15.7. The lowest BCUT2D eigenvalue weighted by Crippen LogP contribution is -2.47. The molecule has 1 saturated heterocycles. The highest BCUT2D eigenvalue weighted by Gasteiger charge is 2.24. The minimum absolute atomic E-state index is 0.0289. The summed E-state index contributed by atoms with van der Waals surface area (Å²) in [6, 6.07) is -0.0289. The highest BCUT2D eigenvalue weighted by molar-refractivity contribution is 5.67. The third-order valence-corrected chi connectivity index (χ3v) is 2.92. The Morgan fingerprint density at radius 1 is 1.44 bits per heavy atom. The third-order valence-electron chi connectivity index (χ3n) is 2.92. The highest BCUT2D eigenvalue weighted by Crippen LogP contribution is 2.10. The lowest BCUT2D eigenvalue weighted by atomic mass is 10.1. The van der Waals surface area contributed by atoms with E-state index >= 15 is 0 Å². The molecule has 1 aliphatic heterocycles. The molecule has 6 nitrogen and oxygen atoms in total. The second-order valence-corrected chi connectivity index (χ2v) is 4.32. The van der Waals surface area contributed by atoms with Gasteiger partial charge < -0.3 is 19.3 Å². The van der Waals surface area contributed by atoms with Crippen LogP contribution in [0.1, 0.15) is 12.8 Å². The largest absolute Gasteiger partial charge is 0.481 e. The van der Waals surface area contributed by atoms with Crippen LogP contribution in [0.15, 0.2) is 0 Å². The van der Waals surface area contributed by atoms with E-state index in [-0.39, 0.29) is 12.5 Å². The summed E-state index contributed by atoms with van der Waals surface area (Å²) in [4.78, 5) is 12.9. The first-order valence-corrected chi connectivity index (χ1v) is 6.34. The first-order valence-electron chi connectivity index (χ1n) is 6.34. The molecule has 0 aromatic carbocycles. The molecule has 106 valence electrons. The van der Waals surface area contributed by atoms with Gasteiger partial charge in [0.05, 0.1) is 26.2 Å².